The van der Waals surface area contributed by atoms with Gasteiger partial charge in [-0.15, -0.1) is 0 Å². The summed E-state index contributed by atoms with van der Waals surface area (Å²) in [5.41, 5.74) is -0.0581. The standard InChI is InChI=1S/C13H19ClO2/c1-4-8-13(15,5-2)11-9-10(14)6-7-12(11)16-3/h6-7,9,15H,4-5,8H2,1-3H3. The largest absolute Gasteiger partial charge is 0.496 e. The predicted octanol–water partition coefficient (Wildman–Crippen LogP) is 3.75. The molecule has 0 bridgehead atoms. The lowest BCUT2D eigenvalue weighted by molar-refractivity contribution is 0.0204. The van der Waals surface area contributed by atoms with E-state index in [4.69, 9.17) is 16.3 Å². The molecule has 0 aliphatic carbocycles. The monoisotopic (exact) mass is 242 g/mol. The van der Waals surface area contributed by atoms with Crippen molar-refractivity contribution in [1.82, 2.24) is 0 Å². The second kappa shape index (κ2) is 5.55. The van der Waals surface area contributed by atoms with Crippen LogP contribution in [0.25, 0.3) is 0 Å². The number of rotatable bonds is 5. The zero-order valence-electron chi connectivity index (χ0n) is 10.1. The van der Waals surface area contributed by atoms with Gasteiger partial charge >= 0.3 is 0 Å². The molecule has 0 amide bonds. The van der Waals surface area contributed by atoms with Crippen molar-refractivity contribution in [1.29, 1.82) is 0 Å². The Morgan fingerprint density at radius 1 is 1.38 bits per heavy atom. The number of halogens is 1. The van der Waals surface area contributed by atoms with E-state index in [0.717, 1.165) is 12.0 Å². The lowest BCUT2D eigenvalue weighted by atomic mass is 9.86. The highest BCUT2D eigenvalue weighted by Gasteiger charge is 2.29. The van der Waals surface area contributed by atoms with Crippen molar-refractivity contribution in [2.45, 2.75) is 38.7 Å². The van der Waals surface area contributed by atoms with Crippen LogP contribution in [0.4, 0.5) is 0 Å². The van der Waals surface area contributed by atoms with Crippen LogP contribution < -0.4 is 4.74 Å². The van der Waals surface area contributed by atoms with Gasteiger partial charge in [0.2, 0.25) is 0 Å². The molecule has 0 aromatic heterocycles. The predicted molar refractivity (Wildman–Crippen MR) is 67.1 cm³/mol. The molecular formula is C13H19ClO2. The molecule has 0 spiro atoms. The number of hydrogen-bond acceptors (Lipinski definition) is 2. The Labute approximate surface area is 102 Å². The van der Waals surface area contributed by atoms with Crippen LogP contribution in [0.3, 0.4) is 0 Å². The summed E-state index contributed by atoms with van der Waals surface area (Å²) in [6, 6.07) is 5.36. The van der Waals surface area contributed by atoms with Crippen molar-refractivity contribution in [3.05, 3.63) is 28.8 Å². The molecule has 2 nitrogen and oxygen atoms in total. The second-order valence-electron chi connectivity index (χ2n) is 3.98. The van der Waals surface area contributed by atoms with E-state index >= 15 is 0 Å². The molecule has 1 N–H and O–H groups in total. The molecule has 1 aromatic rings. The Hall–Kier alpha value is -0.730. The molecule has 0 saturated heterocycles. The first kappa shape index (κ1) is 13.3. The zero-order chi connectivity index (χ0) is 12.2. The van der Waals surface area contributed by atoms with Gasteiger partial charge in [-0.05, 0) is 31.0 Å². The first-order valence-electron chi connectivity index (χ1n) is 5.63. The fraction of sp³-hybridized carbons (Fsp3) is 0.538. The van der Waals surface area contributed by atoms with E-state index in [2.05, 4.69) is 6.92 Å². The quantitative estimate of drug-likeness (QED) is 0.852. The maximum atomic E-state index is 10.6. The number of ether oxygens (including phenoxy) is 1. The second-order valence-corrected chi connectivity index (χ2v) is 4.42. The van der Waals surface area contributed by atoms with Crippen LogP contribution in [-0.4, -0.2) is 12.2 Å². The van der Waals surface area contributed by atoms with Gasteiger partial charge in [0.1, 0.15) is 5.75 Å². The Morgan fingerprint density at radius 2 is 2.06 bits per heavy atom. The summed E-state index contributed by atoms with van der Waals surface area (Å²) in [6.45, 7) is 4.02. The first-order chi connectivity index (χ1) is 7.57. The van der Waals surface area contributed by atoms with Gasteiger partial charge in [0, 0.05) is 10.6 Å². The maximum absolute atomic E-state index is 10.6. The molecule has 0 aliphatic rings. The average molecular weight is 243 g/mol. The van der Waals surface area contributed by atoms with E-state index in [1.807, 2.05) is 6.92 Å². The van der Waals surface area contributed by atoms with Crippen molar-refractivity contribution in [2.24, 2.45) is 0 Å². The minimum Gasteiger partial charge on any atom is -0.496 e. The molecule has 1 atom stereocenters. The van der Waals surface area contributed by atoms with Gasteiger partial charge in [-0.3, -0.25) is 0 Å². The summed E-state index contributed by atoms with van der Waals surface area (Å²) in [6.07, 6.45) is 2.28. The minimum absolute atomic E-state index is 0.624. The molecule has 3 heteroatoms. The Bertz CT molecular complexity index is 352. The van der Waals surface area contributed by atoms with Gasteiger partial charge in [-0.25, -0.2) is 0 Å². The maximum Gasteiger partial charge on any atom is 0.125 e. The number of hydrogen-bond donors (Lipinski definition) is 1. The smallest absolute Gasteiger partial charge is 0.125 e. The summed E-state index contributed by atoms with van der Waals surface area (Å²) in [5.74, 6) is 0.696. The van der Waals surface area contributed by atoms with Crippen LogP contribution in [-0.2, 0) is 5.60 Å². The van der Waals surface area contributed by atoms with E-state index < -0.39 is 5.60 Å². The topological polar surface area (TPSA) is 29.5 Å². The van der Waals surface area contributed by atoms with Gasteiger partial charge < -0.3 is 9.84 Å². The first-order valence-corrected chi connectivity index (χ1v) is 6.01. The lowest BCUT2D eigenvalue weighted by Crippen LogP contribution is -2.25. The summed E-state index contributed by atoms with van der Waals surface area (Å²) >= 11 is 5.97. The van der Waals surface area contributed by atoms with Gasteiger partial charge in [-0.1, -0.05) is 31.9 Å². The molecule has 0 saturated carbocycles. The SMILES string of the molecule is CCCC(O)(CC)c1cc(Cl)ccc1OC. The summed E-state index contributed by atoms with van der Waals surface area (Å²) in [4.78, 5) is 0. The van der Waals surface area contributed by atoms with E-state index in [-0.39, 0.29) is 0 Å². The fourth-order valence-electron chi connectivity index (χ4n) is 1.96. The van der Waals surface area contributed by atoms with E-state index in [9.17, 15) is 5.11 Å². The Morgan fingerprint density at radius 3 is 2.56 bits per heavy atom. The average Bonchev–Trinajstić information content (AvgIpc) is 2.29. The van der Waals surface area contributed by atoms with Crippen LogP contribution in [0.2, 0.25) is 5.02 Å². The number of benzene rings is 1. The highest BCUT2D eigenvalue weighted by molar-refractivity contribution is 6.30. The van der Waals surface area contributed by atoms with Crippen LogP contribution in [0.1, 0.15) is 38.7 Å². The molecule has 1 rings (SSSR count). The van der Waals surface area contributed by atoms with Crippen LogP contribution in [0.15, 0.2) is 18.2 Å². The van der Waals surface area contributed by atoms with Crippen molar-refractivity contribution in [2.75, 3.05) is 7.11 Å². The Kier molecular flexibility index (Phi) is 4.63. The normalized spacial score (nSPS) is 14.6. The van der Waals surface area contributed by atoms with Crippen molar-refractivity contribution >= 4 is 11.6 Å². The van der Waals surface area contributed by atoms with E-state index in [1.54, 1.807) is 25.3 Å². The highest BCUT2D eigenvalue weighted by Crippen LogP contribution is 2.37. The third kappa shape index (κ3) is 2.69. The van der Waals surface area contributed by atoms with Crippen molar-refractivity contribution in [3.8, 4) is 5.75 Å². The molecule has 0 fully saturated rings. The Balaban J connectivity index is 3.21. The summed E-state index contributed by atoms with van der Waals surface area (Å²) < 4.78 is 5.28. The van der Waals surface area contributed by atoms with Crippen LogP contribution in [0.5, 0.6) is 5.75 Å². The van der Waals surface area contributed by atoms with Gasteiger partial charge in [0.15, 0.2) is 0 Å². The molecule has 0 radical (unpaired) electrons. The third-order valence-corrected chi connectivity index (χ3v) is 3.15. The highest BCUT2D eigenvalue weighted by atomic mass is 35.5. The summed E-state index contributed by atoms with van der Waals surface area (Å²) in [7, 11) is 1.61. The molecule has 16 heavy (non-hydrogen) atoms. The van der Waals surface area contributed by atoms with E-state index in [0.29, 0.717) is 23.6 Å². The van der Waals surface area contributed by atoms with Crippen molar-refractivity contribution < 1.29 is 9.84 Å². The van der Waals surface area contributed by atoms with Gasteiger partial charge in [0.05, 0.1) is 12.7 Å². The van der Waals surface area contributed by atoms with Crippen LogP contribution >= 0.6 is 11.6 Å². The van der Waals surface area contributed by atoms with E-state index in [1.165, 1.54) is 0 Å². The molecule has 90 valence electrons. The molecule has 0 aliphatic heterocycles. The van der Waals surface area contributed by atoms with Gasteiger partial charge in [0.25, 0.3) is 0 Å². The third-order valence-electron chi connectivity index (χ3n) is 2.91. The fourth-order valence-corrected chi connectivity index (χ4v) is 2.13. The summed E-state index contributed by atoms with van der Waals surface area (Å²) in [5, 5.41) is 11.2. The van der Waals surface area contributed by atoms with Crippen molar-refractivity contribution in [3.63, 3.8) is 0 Å². The molecule has 1 unspecified atom stereocenters. The van der Waals surface area contributed by atoms with Crippen LogP contribution in [0, 0.1) is 0 Å². The zero-order valence-corrected chi connectivity index (χ0v) is 10.8. The number of methoxy groups -OCH3 is 1. The number of aliphatic hydroxyl groups is 1. The lowest BCUT2D eigenvalue weighted by Gasteiger charge is -2.28. The molecule has 1 aromatic carbocycles. The molecule has 0 heterocycles. The molecular weight excluding hydrogens is 224 g/mol. The van der Waals surface area contributed by atoms with Gasteiger partial charge in [-0.2, -0.15) is 0 Å². The minimum atomic E-state index is -0.842.